The maximum absolute atomic E-state index is 10.9. The van der Waals surface area contributed by atoms with Crippen LogP contribution < -0.4 is 0 Å². The van der Waals surface area contributed by atoms with E-state index < -0.39 is 4.92 Å². The lowest BCUT2D eigenvalue weighted by Crippen LogP contribution is -2.01. The van der Waals surface area contributed by atoms with Crippen molar-refractivity contribution in [2.75, 3.05) is 0 Å². The fourth-order valence-electron chi connectivity index (χ4n) is 2.77. The Morgan fingerprint density at radius 1 is 0.923 bits per heavy atom. The van der Waals surface area contributed by atoms with Crippen molar-refractivity contribution in [3.8, 4) is 0 Å². The number of fused-ring (bicyclic) bond motifs is 1. The van der Waals surface area contributed by atoms with E-state index in [1.54, 1.807) is 16.8 Å². The van der Waals surface area contributed by atoms with E-state index in [2.05, 4.69) is 10.3 Å². The second-order valence-corrected chi connectivity index (χ2v) is 5.73. The molecule has 0 N–H and O–H groups in total. The van der Waals surface area contributed by atoms with E-state index in [1.807, 2.05) is 60.7 Å². The molecule has 0 amide bonds. The summed E-state index contributed by atoms with van der Waals surface area (Å²) in [5, 5.41) is 19.4. The summed E-state index contributed by atoms with van der Waals surface area (Å²) in [7, 11) is 0. The van der Waals surface area contributed by atoms with Gasteiger partial charge in [0.05, 0.1) is 16.1 Å². The van der Waals surface area contributed by atoms with Gasteiger partial charge in [-0.05, 0) is 35.9 Å². The van der Waals surface area contributed by atoms with Crippen molar-refractivity contribution >= 4 is 28.5 Å². The van der Waals surface area contributed by atoms with E-state index in [0.717, 1.165) is 27.9 Å². The van der Waals surface area contributed by atoms with Crippen molar-refractivity contribution in [2.24, 2.45) is 0 Å². The highest BCUT2D eigenvalue weighted by Gasteiger charge is 2.11. The summed E-state index contributed by atoms with van der Waals surface area (Å²) in [5.74, 6) is 0. The summed E-state index contributed by atoms with van der Waals surface area (Å²) < 4.78 is 1.78. The molecule has 0 aliphatic rings. The molecule has 6 nitrogen and oxygen atoms in total. The number of benzene rings is 3. The zero-order chi connectivity index (χ0) is 17.9. The molecular formula is C20H14N4O2. The van der Waals surface area contributed by atoms with Crippen LogP contribution in [0.2, 0.25) is 0 Å². The molecule has 0 unspecified atom stereocenters. The van der Waals surface area contributed by atoms with E-state index >= 15 is 0 Å². The van der Waals surface area contributed by atoms with Crippen LogP contribution in [0.1, 0.15) is 11.1 Å². The number of hydrogen-bond donors (Lipinski definition) is 0. The predicted molar refractivity (Wildman–Crippen MR) is 100 cm³/mol. The number of non-ortho nitro benzene ring substituents is 1. The molecule has 0 bridgehead atoms. The molecule has 6 heteroatoms. The van der Waals surface area contributed by atoms with Gasteiger partial charge in [-0.1, -0.05) is 47.7 Å². The Morgan fingerprint density at radius 2 is 1.62 bits per heavy atom. The zero-order valence-electron chi connectivity index (χ0n) is 13.7. The Bertz CT molecular complexity index is 1100. The van der Waals surface area contributed by atoms with Crippen molar-refractivity contribution < 1.29 is 4.92 Å². The first-order chi connectivity index (χ1) is 12.7. The monoisotopic (exact) mass is 342 g/mol. The molecule has 3 aromatic carbocycles. The lowest BCUT2D eigenvalue weighted by Gasteiger charge is -2.09. The van der Waals surface area contributed by atoms with Crippen molar-refractivity contribution in [2.45, 2.75) is 0 Å². The lowest BCUT2D eigenvalue weighted by molar-refractivity contribution is -0.384. The third kappa shape index (κ3) is 2.95. The van der Waals surface area contributed by atoms with Gasteiger partial charge in [-0.2, -0.15) is 0 Å². The third-order valence-electron chi connectivity index (χ3n) is 4.06. The molecular weight excluding hydrogens is 328 g/mol. The maximum atomic E-state index is 10.9. The van der Waals surface area contributed by atoms with Crippen LogP contribution in [0.3, 0.4) is 0 Å². The SMILES string of the molecule is O=[N+]([O-])c1ccc(C=C(c2ccccc2)n2nnc3ccccc32)cc1. The minimum atomic E-state index is -0.406. The molecule has 126 valence electrons. The molecule has 0 atom stereocenters. The average molecular weight is 342 g/mol. The zero-order valence-corrected chi connectivity index (χ0v) is 13.7. The Morgan fingerprint density at radius 3 is 2.35 bits per heavy atom. The largest absolute Gasteiger partial charge is 0.269 e. The van der Waals surface area contributed by atoms with Crippen LogP contribution in [0.15, 0.2) is 78.9 Å². The van der Waals surface area contributed by atoms with Gasteiger partial charge in [-0.3, -0.25) is 10.1 Å². The molecule has 4 rings (SSSR count). The van der Waals surface area contributed by atoms with Crippen molar-refractivity contribution in [1.29, 1.82) is 0 Å². The number of nitrogens with zero attached hydrogens (tertiary/aromatic N) is 4. The molecule has 0 radical (unpaired) electrons. The fraction of sp³-hybridized carbons (Fsp3) is 0. The van der Waals surface area contributed by atoms with Gasteiger partial charge in [0.1, 0.15) is 5.52 Å². The molecule has 26 heavy (non-hydrogen) atoms. The van der Waals surface area contributed by atoms with E-state index in [0.29, 0.717) is 0 Å². The van der Waals surface area contributed by atoms with Gasteiger partial charge < -0.3 is 0 Å². The minimum absolute atomic E-state index is 0.0645. The van der Waals surface area contributed by atoms with E-state index in [4.69, 9.17) is 0 Å². The van der Waals surface area contributed by atoms with Gasteiger partial charge in [0.25, 0.3) is 5.69 Å². The Balaban J connectivity index is 1.87. The van der Waals surface area contributed by atoms with Gasteiger partial charge in [0.15, 0.2) is 0 Å². The first-order valence-electron chi connectivity index (χ1n) is 8.05. The van der Waals surface area contributed by atoms with Crippen LogP contribution in [0, 0.1) is 10.1 Å². The molecule has 0 aliphatic heterocycles. The van der Waals surface area contributed by atoms with Crippen LogP contribution in [-0.4, -0.2) is 19.9 Å². The number of nitro groups is 1. The summed E-state index contributed by atoms with van der Waals surface area (Å²) in [4.78, 5) is 10.5. The molecule has 0 saturated carbocycles. The first-order valence-corrected chi connectivity index (χ1v) is 8.05. The molecule has 0 spiro atoms. The molecule has 4 aromatic rings. The fourth-order valence-corrected chi connectivity index (χ4v) is 2.77. The smallest absolute Gasteiger partial charge is 0.258 e. The van der Waals surface area contributed by atoms with Crippen LogP contribution in [-0.2, 0) is 0 Å². The number of nitro benzene ring substituents is 1. The van der Waals surface area contributed by atoms with Gasteiger partial charge >= 0.3 is 0 Å². The molecule has 0 fully saturated rings. The number of hydrogen-bond acceptors (Lipinski definition) is 4. The van der Waals surface area contributed by atoms with Gasteiger partial charge in [0.2, 0.25) is 0 Å². The highest BCUT2D eigenvalue weighted by Crippen LogP contribution is 2.24. The highest BCUT2D eigenvalue weighted by molar-refractivity contribution is 5.87. The molecule has 0 saturated heterocycles. The second-order valence-electron chi connectivity index (χ2n) is 5.73. The van der Waals surface area contributed by atoms with Crippen molar-refractivity contribution in [3.05, 3.63) is 100 Å². The van der Waals surface area contributed by atoms with Crippen molar-refractivity contribution in [1.82, 2.24) is 15.0 Å². The predicted octanol–water partition coefficient (Wildman–Crippen LogP) is 4.39. The van der Waals surface area contributed by atoms with Gasteiger partial charge in [-0.15, -0.1) is 5.10 Å². The number of para-hydroxylation sites is 1. The number of aromatic nitrogens is 3. The number of rotatable bonds is 4. The van der Waals surface area contributed by atoms with E-state index in [9.17, 15) is 10.1 Å². The Hall–Kier alpha value is -3.80. The molecule has 0 aliphatic carbocycles. The van der Waals surface area contributed by atoms with Crippen molar-refractivity contribution in [3.63, 3.8) is 0 Å². The summed E-state index contributed by atoms with van der Waals surface area (Å²) >= 11 is 0. The second kappa shape index (κ2) is 6.60. The first kappa shape index (κ1) is 15.7. The highest BCUT2D eigenvalue weighted by atomic mass is 16.6. The van der Waals surface area contributed by atoms with Crippen LogP contribution in [0.4, 0.5) is 5.69 Å². The molecule has 1 heterocycles. The summed E-state index contributed by atoms with van der Waals surface area (Å²) in [6, 6.07) is 24.0. The quantitative estimate of drug-likeness (QED) is 0.313. The summed E-state index contributed by atoms with van der Waals surface area (Å²) in [6.07, 6.45) is 1.94. The minimum Gasteiger partial charge on any atom is -0.258 e. The van der Waals surface area contributed by atoms with Gasteiger partial charge in [0, 0.05) is 17.7 Å². The standard InChI is InChI=1S/C20H14N4O2/c25-24(26)17-12-10-15(11-13-17)14-20(16-6-2-1-3-7-16)23-19-9-5-4-8-18(19)21-22-23/h1-14H. The Labute approximate surface area is 149 Å². The lowest BCUT2D eigenvalue weighted by atomic mass is 10.1. The maximum Gasteiger partial charge on any atom is 0.269 e. The summed E-state index contributed by atoms with van der Waals surface area (Å²) in [5.41, 5.74) is 4.42. The van der Waals surface area contributed by atoms with E-state index in [1.165, 1.54) is 12.1 Å². The van der Waals surface area contributed by atoms with Crippen LogP contribution in [0.25, 0.3) is 22.8 Å². The topological polar surface area (TPSA) is 73.8 Å². The summed E-state index contributed by atoms with van der Waals surface area (Å²) in [6.45, 7) is 0. The molecule has 1 aromatic heterocycles. The van der Waals surface area contributed by atoms with E-state index in [-0.39, 0.29) is 5.69 Å². The normalized spacial score (nSPS) is 11.6. The van der Waals surface area contributed by atoms with Crippen LogP contribution >= 0.6 is 0 Å². The average Bonchev–Trinajstić information content (AvgIpc) is 3.11. The Kier molecular flexibility index (Phi) is 3.99. The van der Waals surface area contributed by atoms with Crippen LogP contribution in [0.5, 0.6) is 0 Å². The third-order valence-corrected chi connectivity index (χ3v) is 4.06. The van der Waals surface area contributed by atoms with Gasteiger partial charge in [-0.25, -0.2) is 4.68 Å².